The lowest BCUT2D eigenvalue weighted by Gasteiger charge is -2.24. The molecule has 5 heteroatoms. The highest BCUT2D eigenvalue weighted by molar-refractivity contribution is 7.98. The summed E-state index contributed by atoms with van der Waals surface area (Å²) in [5.74, 6) is 1.90. The first kappa shape index (κ1) is 15.8. The van der Waals surface area contributed by atoms with Gasteiger partial charge in [-0.3, -0.25) is 4.79 Å². The Morgan fingerprint density at radius 2 is 2.26 bits per heavy atom. The minimum atomic E-state index is 0.0316. The summed E-state index contributed by atoms with van der Waals surface area (Å²) >= 11 is 1.80. The molecule has 0 aliphatic rings. The summed E-state index contributed by atoms with van der Waals surface area (Å²) in [6.45, 7) is 4.92. The van der Waals surface area contributed by atoms with E-state index in [2.05, 4.69) is 23.5 Å². The molecule has 1 aromatic heterocycles. The van der Waals surface area contributed by atoms with Gasteiger partial charge >= 0.3 is 0 Å². The number of amides is 1. The van der Waals surface area contributed by atoms with E-state index < -0.39 is 0 Å². The number of pyridine rings is 1. The van der Waals surface area contributed by atoms with Gasteiger partial charge in [-0.25, -0.2) is 4.98 Å². The van der Waals surface area contributed by atoms with E-state index in [1.54, 1.807) is 22.9 Å². The molecule has 0 fully saturated rings. The minimum absolute atomic E-state index is 0.0316. The number of nitrogens with zero attached hydrogens (tertiary/aromatic N) is 2. The number of anilines is 1. The predicted molar refractivity (Wildman–Crippen MR) is 83.0 cm³/mol. The summed E-state index contributed by atoms with van der Waals surface area (Å²) in [4.78, 5) is 18.3. The number of aromatic nitrogens is 1. The average Bonchev–Trinajstić information content (AvgIpc) is 2.44. The van der Waals surface area contributed by atoms with Crippen LogP contribution < -0.4 is 5.32 Å². The van der Waals surface area contributed by atoms with Gasteiger partial charge in [-0.2, -0.15) is 11.8 Å². The average molecular weight is 281 g/mol. The Morgan fingerprint density at radius 3 is 2.79 bits per heavy atom. The van der Waals surface area contributed by atoms with Crippen LogP contribution in [-0.4, -0.2) is 47.4 Å². The lowest BCUT2D eigenvalue weighted by molar-refractivity contribution is 0.0741. The van der Waals surface area contributed by atoms with Gasteiger partial charge in [0.1, 0.15) is 5.82 Å². The van der Waals surface area contributed by atoms with E-state index in [9.17, 15) is 4.79 Å². The molecule has 0 aliphatic heterocycles. The first-order chi connectivity index (χ1) is 9.10. The fraction of sp³-hybridized carbons (Fsp3) is 0.571. The molecule has 19 heavy (non-hydrogen) atoms. The number of carbonyl (C=O) groups excluding carboxylic acids is 1. The van der Waals surface area contributed by atoms with Crippen LogP contribution in [0.15, 0.2) is 18.3 Å². The normalized spacial score (nSPS) is 12.0. The van der Waals surface area contributed by atoms with Crippen molar-refractivity contribution in [2.24, 2.45) is 0 Å². The van der Waals surface area contributed by atoms with Crippen molar-refractivity contribution in [2.45, 2.75) is 26.3 Å². The molecule has 1 N–H and O–H groups in total. The molecule has 0 spiro atoms. The number of hydrogen-bond donors (Lipinski definition) is 1. The number of carbonyl (C=O) groups is 1. The van der Waals surface area contributed by atoms with Gasteiger partial charge < -0.3 is 10.2 Å². The van der Waals surface area contributed by atoms with Crippen LogP contribution in [0.4, 0.5) is 5.82 Å². The zero-order valence-electron chi connectivity index (χ0n) is 12.1. The summed E-state index contributed by atoms with van der Waals surface area (Å²) in [6.07, 6.45) is 4.72. The van der Waals surface area contributed by atoms with Crippen LogP contribution in [0.25, 0.3) is 0 Å². The molecular formula is C14H23N3OS. The predicted octanol–water partition coefficient (Wildman–Crippen LogP) is 2.73. The van der Waals surface area contributed by atoms with Crippen molar-refractivity contribution in [3.05, 3.63) is 23.9 Å². The third-order valence-corrected chi connectivity index (χ3v) is 3.73. The molecule has 0 aliphatic carbocycles. The van der Waals surface area contributed by atoms with E-state index in [-0.39, 0.29) is 11.9 Å². The van der Waals surface area contributed by atoms with Crippen LogP contribution in [0.2, 0.25) is 0 Å². The Bertz CT molecular complexity index is 394. The molecule has 1 aromatic rings. The van der Waals surface area contributed by atoms with Gasteiger partial charge in [-0.05, 0) is 44.4 Å². The van der Waals surface area contributed by atoms with Crippen LogP contribution in [0.5, 0.6) is 0 Å². The van der Waals surface area contributed by atoms with E-state index in [1.807, 2.05) is 26.1 Å². The van der Waals surface area contributed by atoms with Crippen molar-refractivity contribution in [3.8, 4) is 0 Å². The summed E-state index contributed by atoms with van der Waals surface area (Å²) < 4.78 is 0. The maximum Gasteiger partial charge on any atom is 0.255 e. The van der Waals surface area contributed by atoms with Crippen LogP contribution in [0.3, 0.4) is 0 Å². The molecular weight excluding hydrogens is 258 g/mol. The summed E-state index contributed by atoms with van der Waals surface area (Å²) in [5.41, 5.74) is 0.639. The topological polar surface area (TPSA) is 45.2 Å². The smallest absolute Gasteiger partial charge is 0.255 e. The molecule has 0 radical (unpaired) electrons. The standard InChI is InChI=1S/C14H23N3OS/c1-5-15-13-7-6-12(10-16-13)14(18)17(3)11(2)8-9-19-4/h6-7,10-11H,5,8-9H2,1-4H3,(H,15,16). The van der Waals surface area contributed by atoms with Gasteiger partial charge in [0.2, 0.25) is 0 Å². The second kappa shape index (κ2) is 8.04. The van der Waals surface area contributed by atoms with Crippen molar-refractivity contribution in [1.82, 2.24) is 9.88 Å². The van der Waals surface area contributed by atoms with Gasteiger partial charge in [-0.15, -0.1) is 0 Å². The quantitative estimate of drug-likeness (QED) is 0.834. The SMILES string of the molecule is CCNc1ccc(C(=O)N(C)C(C)CCSC)cn1. The van der Waals surface area contributed by atoms with Gasteiger partial charge in [0.05, 0.1) is 5.56 Å². The first-order valence-corrected chi connectivity index (χ1v) is 7.95. The Kier molecular flexibility index (Phi) is 6.70. The zero-order chi connectivity index (χ0) is 14.3. The molecule has 106 valence electrons. The molecule has 0 saturated carbocycles. The van der Waals surface area contributed by atoms with Crippen LogP contribution in [0.1, 0.15) is 30.6 Å². The van der Waals surface area contributed by atoms with Crippen LogP contribution in [0, 0.1) is 0 Å². The molecule has 4 nitrogen and oxygen atoms in total. The van der Waals surface area contributed by atoms with E-state index in [1.165, 1.54) is 0 Å². The lowest BCUT2D eigenvalue weighted by Crippen LogP contribution is -2.35. The summed E-state index contributed by atoms with van der Waals surface area (Å²) in [5, 5.41) is 3.11. The Labute approximate surface area is 120 Å². The zero-order valence-corrected chi connectivity index (χ0v) is 13.0. The Morgan fingerprint density at radius 1 is 1.53 bits per heavy atom. The highest BCUT2D eigenvalue weighted by Crippen LogP contribution is 2.12. The van der Waals surface area contributed by atoms with Gasteiger partial charge in [0, 0.05) is 25.8 Å². The summed E-state index contributed by atoms with van der Waals surface area (Å²) in [6, 6.07) is 3.91. The Balaban J connectivity index is 2.65. The van der Waals surface area contributed by atoms with Crippen molar-refractivity contribution in [2.75, 3.05) is 30.9 Å². The van der Waals surface area contributed by atoms with Gasteiger partial charge in [0.15, 0.2) is 0 Å². The molecule has 0 bridgehead atoms. The third-order valence-electron chi connectivity index (χ3n) is 3.09. The van der Waals surface area contributed by atoms with Crippen LogP contribution in [-0.2, 0) is 0 Å². The number of thioether (sulfide) groups is 1. The monoisotopic (exact) mass is 281 g/mol. The highest BCUT2D eigenvalue weighted by atomic mass is 32.2. The highest BCUT2D eigenvalue weighted by Gasteiger charge is 2.17. The summed E-state index contributed by atoms with van der Waals surface area (Å²) in [7, 11) is 1.85. The molecule has 1 unspecified atom stereocenters. The van der Waals surface area contributed by atoms with Crippen molar-refractivity contribution in [1.29, 1.82) is 0 Å². The first-order valence-electron chi connectivity index (χ1n) is 6.56. The lowest BCUT2D eigenvalue weighted by atomic mass is 10.2. The second-order valence-electron chi connectivity index (χ2n) is 4.51. The molecule has 1 atom stereocenters. The van der Waals surface area contributed by atoms with Crippen molar-refractivity contribution >= 4 is 23.5 Å². The van der Waals surface area contributed by atoms with Crippen LogP contribution >= 0.6 is 11.8 Å². The van der Waals surface area contributed by atoms with Gasteiger partial charge in [-0.1, -0.05) is 0 Å². The molecule has 1 amide bonds. The Hall–Kier alpha value is -1.23. The second-order valence-corrected chi connectivity index (χ2v) is 5.49. The van der Waals surface area contributed by atoms with Crippen molar-refractivity contribution in [3.63, 3.8) is 0 Å². The third kappa shape index (κ3) is 4.74. The van der Waals surface area contributed by atoms with Gasteiger partial charge in [0.25, 0.3) is 5.91 Å². The molecule has 1 rings (SSSR count). The van der Waals surface area contributed by atoms with E-state index >= 15 is 0 Å². The van der Waals surface area contributed by atoms with E-state index in [0.29, 0.717) is 5.56 Å². The van der Waals surface area contributed by atoms with E-state index in [4.69, 9.17) is 0 Å². The van der Waals surface area contributed by atoms with E-state index in [0.717, 1.165) is 24.5 Å². The maximum absolute atomic E-state index is 12.3. The number of nitrogens with one attached hydrogen (secondary N) is 1. The maximum atomic E-state index is 12.3. The molecule has 1 heterocycles. The molecule has 0 aromatic carbocycles. The fourth-order valence-corrected chi connectivity index (χ4v) is 2.27. The number of hydrogen-bond acceptors (Lipinski definition) is 4. The fourth-order valence-electron chi connectivity index (χ4n) is 1.69. The molecule has 0 saturated heterocycles. The minimum Gasteiger partial charge on any atom is -0.370 e. The largest absolute Gasteiger partial charge is 0.370 e. The number of rotatable bonds is 7. The van der Waals surface area contributed by atoms with Crippen molar-refractivity contribution < 1.29 is 4.79 Å².